The molecule has 1 aromatic carbocycles. The van der Waals surface area contributed by atoms with E-state index >= 15 is 0 Å². The topological polar surface area (TPSA) is 37.2 Å². The van der Waals surface area contributed by atoms with Crippen LogP contribution < -0.4 is 4.74 Å². The summed E-state index contributed by atoms with van der Waals surface area (Å²) in [4.78, 5) is 1.90. The number of thiocarbonyl (C=S) groups is 1. The number of benzene rings is 1. The van der Waals surface area contributed by atoms with Gasteiger partial charge in [0.2, 0.25) is 5.11 Å². The van der Waals surface area contributed by atoms with Crippen LogP contribution in [0.2, 0.25) is 0 Å². The molecule has 0 amide bonds. The predicted octanol–water partition coefficient (Wildman–Crippen LogP) is 3.25. The van der Waals surface area contributed by atoms with Gasteiger partial charge in [0.05, 0.1) is 0 Å². The highest BCUT2D eigenvalue weighted by Crippen LogP contribution is 2.21. The first kappa shape index (κ1) is 13.7. The van der Waals surface area contributed by atoms with Crippen molar-refractivity contribution in [2.45, 2.75) is 20.0 Å². The van der Waals surface area contributed by atoms with Crippen LogP contribution in [-0.4, -0.2) is 29.3 Å². The molecule has 0 radical (unpaired) electrons. The minimum Gasteiger partial charge on any atom is -0.489 e. The molecule has 19 heavy (non-hydrogen) atoms. The van der Waals surface area contributed by atoms with Crippen molar-refractivity contribution in [3.63, 3.8) is 0 Å². The Morgan fingerprint density at radius 1 is 1.47 bits per heavy atom. The summed E-state index contributed by atoms with van der Waals surface area (Å²) in [6.45, 7) is 8.84. The number of aryl methyl sites for hydroxylation is 2. The zero-order valence-electron chi connectivity index (χ0n) is 11.2. The molecular formula is C14H17N3OS. The van der Waals surface area contributed by atoms with Crippen molar-refractivity contribution in [2.75, 3.05) is 13.2 Å². The maximum absolute atomic E-state index is 5.84. The van der Waals surface area contributed by atoms with Crippen LogP contribution in [-0.2, 0) is 0 Å². The maximum atomic E-state index is 5.84. The quantitative estimate of drug-likeness (QED) is 0.611. The summed E-state index contributed by atoms with van der Waals surface area (Å²) >= 11 is 5.12. The molecule has 1 aliphatic rings. The molecule has 0 aliphatic carbocycles. The van der Waals surface area contributed by atoms with Crippen LogP contribution >= 0.6 is 12.2 Å². The van der Waals surface area contributed by atoms with Crippen LogP contribution in [0.25, 0.3) is 0 Å². The molecule has 0 spiro atoms. The summed E-state index contributed by atoms with van der Waals surface area (Å²) in [5.41, 5.74) is 2.28. The van der Waals surface area contributed by atoms with E-state index in [1.807, 2.05) is 30.9 Å². The minimum absolute atomic E-state index is 0.162. The lowest BCUT2D eigenvalue weighted by atomic mass is 10.1. The highest BCUT2D eigenvalue weighted by Gasteiger charge is 2.25. The monoisotopic (exact) mass is 275 g/mol. The molecule has 1 aliphatic heterocycles. The molecule has 0 fully saturated rings. The van der Waals surface area contributed by atoms with Crippen LogP contribution in [0.15, 0.2) is 41.1 Å². The summed E-state index contributed by atoms with van der Waals surface area (Å²) < 4.78 is 5.84. The van der Waals surface area contributed by atoms with Crippen LogP contribution in [0.3, 0.4) is 0 Å². The first-order chi connectivity index (χ1) is 9.11. The fourth-order valence-electron chi connectivity index (χ4n) is 1.85. The molecule has 1 aromatic rings. The van der Waals surface area contributed by atoms with E-state index in [9.17, 15) is 0 Å². The van der Waals surface area contributed by atoms with Crippen molar-refractivity contribution in [3.05, 3.63) is 42.0 Å². The van der Waals surface area contributed by atoms with Gasteiger partial charge in [0, 0.05) is 6.54 Å². The van der Waals surface area contributed by atoms with E-state index in [1.54, 1.807) is 6.08 Å². The summed E-state index contributed by atoms with van der Waals surface area (Å²) in [5.74, 6) is 0.881. The van der Waals surface area contributed by atoms with E-state index in [0.29, 0.717) is 18.3 Å². The Morgan fingerprint density at radius 3 is 3.00 bits per heavy atom. The Kier molecular flexibility index (Phi) is 4.27. The van der Waals surface area contributed by atoms with Gasteiger partial charge in [-0.05, 0) is 43.3 Å². The van der Waals surface area contributed by atoms with Crippen LogP contribution in [0.4, 0.5) is 0 Å². The Balaban J connectivity index is 2.02. The number of nitrogens with zero attached hydrogens (tertiary/aromatic N) is 3. The van der Waals surface area contributed by atoms with Crippen molar-refractivity contribution in [3.8, 4) is 5.75 Å². The zero-order chi connectivity index (χ0) is 13.8. The average Bonchev–Trinajstić information content (AvgIpc) is 2.73. The van der Waals surface area contributed by atoms with Crippen LogP contribution in [0, 0.1) is 13.8 Å². The molecular weight excluding hydrogens is 258 g/mol. The van der Waals surface area contributed by atoms with Gasteiger partial charge in [-0.25, -0.2) is 0 Å². The summed E-state index contributed by atoms with van der Waals surface area (Å²) in [6, 6.07) is 6.14. The fraction of sp³-hybridized carbons (Fsp3) is 0.357. The summed E-state index contributed by atoms with van der Waals surface area (Å²) in [7, 11) is 0. The van der Waals surface area contributed by atoms with Crippen LogP contribution in [0.1, 0.15) is 11.1 Å². The molecule has 100 valence electrons. The second kappa shape index (κ2) is 5.93. The molecule has 1 atom stereocenters. The van der Waals surface area contributed by atoms with Crippen LogP contribution in [0.5, 0.6) is 5.75 Å². The first-order valence-electron chi connectivity index (χ1n) is 6.14. The molecule has 0 N–H and O–H groups in total. The van der Waals surface area contributed by atoms with Crippen molar-refractivity contribution < 1.29 is 4.74 Å². The van der Waals surface area contributed by atoms with E-state index in [4.69, 9.17) is 17.0 Å². The van der Waals surface area contributed by atoms with E-state index in [1.165, 1.54) is 5.56 Å². The van der Waals surface area contributed by atoms with Gasteiger partial charge >= 0.3 is 0 Å². The molecule has 0 bridgehead atoms. The Morgan fingerprint density at radius 2 is 2.26 bits per heavy atom. The predicted molar refractivity (Wildman–Crippen MR) is 79.6 cm³/mol. The lowest BCUT2D eigenvalue weighted by Gasteiger charge is -2.22. The zero-order valence-corrected chi connectivity index (χ0v) is 12.0. The second-order valence-corrected chi connectivity index (χ2v) is 4.86. The normalized spacial score (nSPS) is 17.9. The van der Waals surface area contributed by atoms with E-state index < -0.39 is 0 Å². The van der Waals surface area contributed by atoms with Crippen molar-refractivity contribution in [1.29, 1.82) is 0 Å². The third-order valence-corrected chi connectivity index (χ3v) is 3.26. The lowest BCUT2D eigenvalue weighted by Crippen LogP contribution is -2.37. The number of hydrogen-bond acceptors (Lipinski definition) is 3. The molecule has 1 heterocycles. The largest absolute Gasteiger partial charge is 0.489 e. The molecule has 1 unspecified atom stereocenters. The van der Waals surface area contributed by atoms with E-state index in [2.05, 4.69) is 22.9 Å². The highest BCUT2D eigenvalue weighted by atomic mass is 32.1. The molecule has 2 rings (SSSR count). The summed E-state index contributed by atoms with van der Waals surface area (Å²) in [6.07, 6.45) is 1.62. The second-order valence-electron chi connectivity index (χ2n) is 4.50. The first-order valence-corrected chi connectivity index (χ1v) is 6.55. The molecule has 4 nitrogen and oxygen atoms in total. The fourth-order valence-corrected chi connectivity index (χ4v) is 2.10. The minimum atomic E-state index is -0.162. The molecule has 0 aromatic heterocycles. The maximum Gasteiger partial charge on any atom is 0.218 e. The van der Waals surface area contributed by atoms with Gasteiger partial charge < -0.3 is 9.64 Å². The van der Waals surface area contributed by atoms with Gasteiger partial charge in [0.1, 0.15) is 12.4 Å². The smallest absolute Gasteiger partial charge is 0.218 e. The van der Waals surface area contributed by atoms with Gasteiger partial charge in [0.15, 0.2) is 6.17 Å². The average molecular weight is 275 g/mol. The lowest BCUT2D eigenvalue weighted by molar-refractivity contribution is 0.219. The highest BCUT2D eigenvalue weighted by molar-refractivity contribution is 7.80. The summed E-state index contributed by atoms with van der Waals surface area (Å²) in [5, 5.41) is 8.54. The number of azo groups is 1. The van der Waals surface area contributed by atoms with Gasteiger partial charge in [-0.1, -0.05) is 18.2 Å². The third kappa shape index (κ3) is 3.17. The van der Waals surface area contributed by atoms with Gasteiger partial charge in [-0.3, -0.25) is 0 Å². The van der Waals surface area contributed by atoms with Crippen molar-refractivity contribution in [2.24, 2.45) is 10.2 Å². The number of rotatable bonds is 5. The van der Waals surface area contributed by atoms with Gasteiger partial charge in [0.25, 0.3) is 0 Å². The van der Waals surface area contributed by atoms with Crippen molar-refractivity contribution in [1.82, 2.24) is 4.90 Å². The molecule has 0 saturated carbocycles. The van der Waals surface area contributed by atoms with E-state index in [0.717, 1.165) is 11.3 Å². The molecule has 5 heteroatoms. The number of ether oxygens (including phenoxy) is 1. The van der Waals surface area contributed by atoms with E-state index in [-0.39, 0.29) is 6.17 Å². The number of hydrogen-bond donors (Lipinski definition) is 0. The Bertz CT molecular complexity index is 527. The van der Waals surface area contributed by atoms with Gasteiger partial charge in [-0.15, -0.1) is 11.7 Å². The Hall–Kier alpha value is -1.75. The standard InChI is InChI=1S/C14H17N3OS/c1-4-7-17-13(15-16-14(17)19)9-18-12-8-10(2)5-6-11(12)3/h4-6,8,13H,1,7,9H2,2-3H3. The SMILES string of the molecule is C=CCN1C(=S)N=NC1COc1cc(C)ccc1C. The Labute approximate surface area is 118 Å². The molecule has 0 saturated heterocycles. The third-order valence-electron chi connectivity index (χ3n) is 2.94. The van der Waals surface area contributed by atoms with Gasteiger partial charge in [-0.2, -0.15) is 5.11 Å². The van der Waals surface area contributed by atoms with Crippen molar-refractivity contribution >= 4 is 17.3 Å².